The Morgan fingerprint density at radius 1 is 0.284 bits per heavy atom. The van der Waals surface area contributed by atoms with E-state index in [2.05, 4.69) is 34.6 Å². The fourth-order valence-corrected chi connectivity index (χ4v) is 13.3. The predicted molar refractivity (Wildman–Crippen MR) is 386 cm³/mol. The van der Waals surface area contributed by atoms with Gasteiger partial charge in [-0.1, -0.05) is 349 Å². The summed E-state index contributed by atoms with van der Waals surface area (Å²) in [5.74, 6) is -1.42. The number of rotatable bonds is 76. The summed E-state index contributed by atoms with van der Waals surface area (Å²) in [4.78, 5) is 72.7. The van der Waals surface area contributed by atoms with E-state index in [1.54, 1.807) is 0 Å². The maximum Gasteiger partial charge on any atom is 0.472 e. The zero-order valence-corrected chi connectivity index (χ0v) is 63.6. The third-order valence-electron chi connectivity index (χ3n) is 17.8. The van der Waals surface area contributed by atoms with Gasteiger partial charge in [-0.15, -0.1) is 0 Å². The predicted octanol–water partition coefficient (Wildman–Crippen LogP) is 22.5. The molecule has 0 heterocycles. The quantitative estimate of drug-likeness (QED) is 0.0222. The zero-order chi connectivity index (χ0) is 69.8. The molecule has 0 saturated carbocycles. The summed E-state index contributed by atoms with van der Waals surface area (Å²) in [6, 6.07) is 0. The highest BCUT2D eigenvalue weighted by Gasteiger charge is 2.30. The fraction of sp³-hybridized carbons (Fsp3) is 0.947. The number of hydrogen-bond donors (Lipinski definition) is 3. The minimum Gasteiger partial charge on any atom is -0.462 e. The van der Waals surface area contributed by atoms with Crippen LogP contribution in [0.3, 0.4) is 0 Å². The number of aliphatic hydroxyl groups is 1. The molecule has 0 rings (SSSR count). The molecule has 0 bridgehead atoms. The van der Waals surface area contributed by atoms with Gasteiger partial charge < -0.3 is 33.8 Å². The van der Waals surface area contributed by atoms with Crippen molar-refractivity contribution in [2.24, 2.45) is 5.92 Å². The average Bonchev–Trinajstić information content (AvgIpc) is 2.75. The Hall–Kier alpha value is -1.94. The first-order valence-electron chi connectivity index (χ1n) is 39.6. The van der Waals surface area contributed by atoms with Crippen LogP contribution >= 0.6 is 15.6 Å². The molecular formula is C76H148O17P2. The number of phosphoric acid groups is 2. The first kappa shape index (κ1) is 93.1. The second-order valence-electron chi connectivity index (χ2n) is 27.9. The SMILES string of the molecule is CCCCCCCCCCCCCCCCCCCCCC(=O)O[C@H](COC(=O)CCCCCCCCCCCCCCCCCC)COP(=O)(O)OC[C@@H](O)COP(=O)(O)OC[C@@H](COC(=O)CCCCCCCCCCCC)OC(=O)CCCCCCCCCC(C)C. The van der Waals surface area contributed by atoms with Crippen molar-refractivity contribution in [3.05, 3.63) is 0 Å². The van der Waals surface area contributed by atoms with Crippen molar-refractivity contribution < 1.29 is 80.2 Å². The standard InChI is InChI=1S/C76H148O17P2/c1-6-9-12-15-18-21-24-26-28-30-31-32-34-36-38-41-46-51-56-61-75(80)92-71(65-87-74(79)60-55-50-45-40-37-35-33-29-27-25-22-19-16-13-10-7-2)67-90-94(82,83)88-63-70(77)64-89-95(84,85)91-68-72(93-76(81)62-57-52-47-42-43-48-53-58-69(4)5)66-86-73(78)59-54-49-44-39-23-20-17-14-11-8-3/h69-72,77H,6-68H2,1-5H3,(H,82,83)(H,84,85)/t70-,71-,72-/m1/s1. The highest BCUT2D eigenvalue weighted by molar-refractivity contribution is 7.47. The van der Waals surface area contributed by atoms with E-state index in [0.29, 0.717) is 31.6 Å². The number of hydrogen-bond acceptors (Lipinski definition) is 15. The van der Waals surface area contributed by atoms with Crippen LogP contribution in [0.5, 0.6) is 0 Å². The highest BCUT2D eigenvalue weighted by Crippen LogP contribution is 2.45. The largest absolute Gasteiger partial charge is 0.472 e. The van der Waals surface area contributed by atoms with Gasteiger partial charge in [-0.3, -0.25) is 37.3 Å². The Bertz CT molecular complexity index is 1820. The topological polar surface area (TPSA) is 237 Å². The van der Waals surface area contributed by atoms with E-state index in [-0.39, 0.29) is 25.7 Å². The lowest BCUT2D eigenvalue weighted by Crippen LogP contribution is -2.30. The summed E-state index contributed by atoms with van der Waals surface area (Å²) >= 11 is 0. The summed E-state index contributed by atoms with van der Waals surface area (Å²) in [6.45, 7) is 7.22. The summed E-state index contributed by atoms with van der Waals surface area (Å²) < 4.78 is 68.5. The van der Waals surface area contributed by atoms with Crippen LogP contribution in [-0.2, 0) is 65.4 Å². The number of aliphatic hydroxyl groups excluding tert-OH is 1. The number of unbranched alkanes of at least 4 members (excludes halogenated alkanes) is 48. The van der Waals surface area contributed by atoms with Crippen molar-refractivity contribution in [2.75, 3.05) is 39.6 Å². The van der Waals surface area contributed by atoms with Crippen LogP contribution in [0.1, 0.15) is 401 Å². The lowest BCUT2D eigenvalue weighted by molar-refractivity contribution is -0.161. The van der Waals surface area contributed by atoms with E-state index in [0.717, 1.165) is 89.9 Å². The number of carbonyl (C=O) groups excluding carboxylic acids is 4. The van der Waals surface area contributed by atoms with E-state index >= 15 is 0 Å². The van der Waals surface area contributed by atoms with Crippen LogP contribution in [-0.4, -0.2) is 96.7 Å². The monoisotopic (exact) mass is 1400 g/mol. The molecule has 0 aliphatic heterocycles. The third kappa shape index (κ3) is 70.3. The molecule has 5 atom stereocenters. The van der Waals surface area contributed by atoms with Crippen LogP contribution in [0, 0.1) is 5.92 Å². The molecule has 564 valence electrons. The summed E-state index contributed by atoms with van der Waals surface area (Å²) in [5.41, 5.74) is 0. The normalized spacial score (nSPS) is 13.9. The molecule has 19 heteroatoms. The Morgan fingerprint density at radius 2 is 0.484 bits per heavy atom. The molecule has 17 nitrogen and oxygen atoms in total. The molecule has 0 spiro atoms. The van der Waals surface area contributed by atoms with Gasteiger partial charge in [0.25, 0.3) is 0 Å². The van der Waals surface area contributed by atoms with E-state index in [1.165, 1.54) is 225 Å². The maximum atomic E-state index is 13.1. The molecule has 0 aromatic rings. The molecular weight excluding hydrogens is 1250 g/mol. The van der Waals surface area contributed by atoms with Gasteiger partial charge in [-0.2, -0.15) is 0 Å². The van der Waals surface area contributed by atoms with E-state index in [9.17, 15) is 43.2 Å². The molecule has 0 saturated heterocycles. The van der Waals surface area contributed by atoms with Crippen molar-refractivity contribution in [1.29, 1.82) is 0 Å². The molecule has 0 amide bonds. The zero-order valence-electron chi connectivity index (χ0n) is 61.8. The van der Waals surface area contributed by atoms with Gasteiger partial charge in [0.05, 0.1) is 26.4 Å². The van der Waals surface area contributed by atoms with Gasteiger partial charge in [0, 0.05) is 25.7 Å². The molecule has 0 aliphatic rings. The maximum absolute atomic E-state index is 13.1. The molecule has 3 N–H and O–H groups in total. The van der Waals surface area contributed by atoms with Crippen molar-refractivity contribution in [3.8, 4) is 0 Å². The minimum atomic E-state index is -4.96. The van der Waals surface area contributed by atoms with Crippen LogP contribution < -0.4 is 0 Å². The fourth-order valence-electron chi connectivity index (χ4n) is 11.7. The smallest absolute Gasteiger partial charge is 0.462 e. The van der Waals surface area contributed by atoms with Crippen LogP contribution in [0.2, 0.25) is 0 Å². The lowest BCUT2D eigenvalue weighted by atomic mass is 10.0. The van der Waals surface area contributed by atoms with Crippen molar-refractivity contribution in [1.82, 2.24) is 0 Å². The minimum absolute atomic E-state index is 0.104. The van der Waals surface area contributed by atoms with Crippen molar-refractivity contribution >= 4 is 39.5 Å². The third-order valence-corrected chi connectivity index (χ3v) is 19.7. The van der Waals surface area contributed by atoms with Gasteiger partial charge in [0.2, 0.25) is 0 Å². The number of ether oxygens (including phenoxy) is 4. The average molecular weight is 1400 g/mol. The van der Waals surface area contributed by atoms with E-state index in [4.69, 9.17) is 37.0 Å². The van der Waals surface area contributed by atoms with Gasteiger partial charge >= 0.3 is 39.5 Å². The van der Waals surface area contributed by atoms with Crippen LogP contribution in [0.15, 0.2) is 0 Å². The van der Waals surface area contributed by atoms with Crippen molar-refractivity contribution in [2.45, 2.75) is 419 Å². The van der Waals surface area contributed by atoms with Gasteiger partial charge in [0.15, 0.2) is 12.2 Å². The van der Waals surface area contributed by atoms with Gasteiger partial charge in [0.1, 0.15) is 19.3 Å². The van der Waals surface area contributed by atoms with Gasteiger partial charge in [-0.05, 0) is 31.6 Å². The van der Waals surface area contributed by atoms with Gasteiger partial charge in [-0.25, -0.2) is 9.13 Å². The second kappa shape index (κ2) is 69.2. The van der Waals surface area contributed by atoms with E-state index in [1.807, 2.05) is 0 Å². The Kier molecular flexibility index (Phi) is 67.7. The Balaban J connectivity index is 5.21. The van der Waals surface area contributed by atoms with Crippen LogP contribution in [0.4, 0.5) is 0 Å². The molecule has 0 radical (unpaired) electrons. The molecule has 2 unspecified atom stereocenters. The molecule has 0 aromatic carbocycles. The first-order chi connectivity index (χ1) is 46.0. The second-order valence-corrected chi connectivity index (χ2v) is 30.8. The number of esters is 4. The number of carbonyl (C=O) groups is 4. The molecule has 0 aromatic heterocycles. The summed E-state index contributed by atoms with van der Waals surface area (Å²) in [7, 11) is -9.91. The lowest BCUT2D eigenvalue weighted by Gasteiger charge is -2.21. The van der Waals surface area contributed by atoms with Crippen LogP contribution in [0.25, 0.3) is 0 Å². The van der Waals surface area contributed by atoms with Crippen molar-refractivity contribution in [3.63, 3.8) is 0 Å². The first-order valence-corrected chi connectivity index (χ1v) is 42.6. The summed E-state index contributed by atoms with van der Waals surface area (Å²) in [5, 5.41) is 10.6. The molecule has 0 aliphatic carbocycles. The Labute approximate surface area is 581 Å². The number of phosphoric ester groups is 2. The highest BCUT2D eigenvalue weighted by atomic mass is 31.2. The molecule has 0 fully saturated rings. The van der Waals surface area contributed by atoms with E-state index < -0.39 is 97.5 Å². The molecule has 95 heavy (non-hydrogen) atoms. The Morgan fingerprint density at radius 3 is 0.716 bits per heavy atom. The summed E-state index contributed by atoms with van der Waals surface area (Å²) in [6.07, 6.45) is 58.4.